The molecule has 0 saturated heterocycles. The minimum atomic E-state index is 0.0983. The first-order chi connectivity index (χ1) is 8.56. The van der Waals surface area contributed by atoms with Crippen LogP contribution in [0.4, 0.5) is 0 Å². The van der Waals surface area contributed by atoms with E-state index < -0.39 is 0 Å². The Morgan fingerprint density at radius 1 is 1.17 bits per heavy atom. The van der Waals surface area contributed by atoms with E-state index in [2.05, 4.69) is 0 Å². The highest BCUT2D eigenvalue weighted by molar-refractivity contribution is 7.99. The van der Waals surface area contributed by atoms with Crippen LogP contribution in [0.1, 0.15) is 11.1 Å². The van der Waals surface area contributed by atoms with E-state index in [1.165, 1.54) is 0 Å². The molecule has 0 amide bonds. The van der Waals surface area contributed by atoms with Crippen molar-refractivity contribution in [2.75, 3.05) is 0 Å². The molecule has 2 rings (SSSR count). The molecular formula is C14H13ClN2S. The maximum atomic E-state index is 7.40. The van der Waals surface area contributed by atoms with Crippen LogP contribution in [-0.4, -0.2) is 5.84 Å². The minimum absolute atomic E-state index is 0.0983. The van der Waals surface area contributed by atoms with Crippen LogP contribution in [0.2, 0.25) is 5.02 Å². The van der Waals surface area contributed by atoms with Crippen molar-refractivity contribution < 1.29 is 0 Å². The van der Waals surface area contributed by atoms with E-state index >= 15 is 0 Å². The fourth-order valence-corrected chi connectivity index (χ4v) is 2.57. The van der Waals surface area contributed by atoms with Crippen molar-refractivity contribution in [2.24, 2.45) is 5.73 Å². The highest BCUT2D eigenvalue weighted by atomic mass is 35.5. The molecule has 0 spiro atoms. The van der Waals surface area contributed by atoms with Gasteiger partial charge in [0.05, 0.1) is 0 Å². The summed E-state index contributed by atoms with van der Waals surface area (Å²) in [6.07, 6.45) is 0. The molecular weight excluding hydrogens is 264 g/mol. The number of hydrogen-bond donors (Lipinski definition) is 2. The molecule has 2 nitrogen and oxygen atoms in total. The second-order valence-corrected chi connectivity index (χ2v) is 5.50. The van der Waals surface area contributed by atoms with Crippen molar-refractivity contribution in [1.29, 1.82) is 5.41 Å². The molecule has 0 aromatic heterocycles. The smallest absolute Gasteiger partial charge is 0.122 e. The summed E-state index contributed by atoms with van der Waals surface area (Å²) in [6, 6.07) is 13.5. The van der Waals surface area contributed by atoms with Gasteiger partial charge in [-0.05, 0) is 48.9 Å². The second kappa shape index (κ2) is 5.46. The van der Waals surface area contributed by atoms with Gasteiger partial charge >= 0.3 is 0 Å². The van der Waals surface area contributed by atoms with Crippen LogP contribution >= 0.6 is 23.4 Å². The summed E-state index contributed by atoms with van der Waals surface area (Å²) in [5.41, 5.74) is 7.33. The molecule has 0 saturated carbocycles. The molecule has 2 aromatic carbocycles. The molecule has 0 aliphatic carbocycles. The van der Waals surface area contributed by atoms with E-state index in [0.29, 0.717) is 0 Å². The first kappa shape index (κ1) is 13.0. The Hall–Kier alpha value is -1.45. The lowest BCUT2D eigenvalue weighted by atomic mass is 10.1. The number of nitrogens with one attached hydrogen (secondary N) is 1. The Morgan fingerprint density at radius 3 is 2.39 bits per heavy atom. The lowest BCUT2D eigenvalue weighted by molar-refractivity contribution is 1.27. The number of nitrogen functional groups attached to an aromatic ring is 1. The van der Waals surface area contributed by atoms with E-state index in [0.717, 1.165) is 25.9 Å². The first-order valence-electron chi connectivity index (χ1n) is 5.45. The predicted octanol–water partition coefficient (Wildman–Crippen LogP) is 4.08. The first-order valence-corrected chi connectivity index (χ1v) is 6.64. The SMILES string of the molecule is Cc1cc(C(=N)N)ccc1Sc1ccc(Cl)cc1. The molecule has 0 atom stereocenters. The number of rotatable bonds is 3. The van der Waals surface area contributed by atoms with E-state index in [4.69, 9.17) is 22.7 Å². The van der Waals surface area contributed by atoms with Gasteiger partial charge in [-0.2, -0.15) is 0 Å². The third-order valence-electron chi connectivity index (χ3n) is 2.53. The van der Waals surface area contributed by atoms with Gasteiger partial charge in [0.25, 0.3) is 0 Å². The number of nitrogens with two attached hydrogens (primary N) is 1. The van der Waals surface area contributed by atoms with E-state index in [1.807, 2.05) is 49.4 Å². The van der Waals surface area contributed by atoms with E-state index in [1.54, 1.807) is 11.8 Å². The van der Waals surface area contributed by atoms with Gasteiger partial charge < -0.3 is 5.73 Å². The molecule has 0 fully saturated rings. The van der Waals surface area contributed by atoms with Crippen LogP contribution in [0.5, 0.6) is 0 Å². The van der Waals surface area contributed by atoms with Crippen molar-refractivity contribution in [3.05, 3.63) is 58.6 Å². The number of benzene rings is 2. The van der Waals surface area contributed by atoms with Crippen LogP contribution in [-0.2, 0) is 0 Å². The van der Waals surface area contributed by atoms with Crippen LogP contribution in [0, 0.1) is 12.3 Å². The molecule has 4 heteroatoms. The van der Waals surface area contributed by atoms with Crippen molar-refractivity contribution >= 4 is 29.2 Å². The summed E-state index contributed by atoms with van der Waals surface area (Å²) < 4.78 is 0. The number of amidine groups is 1. The number of aryl methyl sites for hydroxylation is 1. The molecule has 0 radical (unpaired) electrons. The summed E-state index contributed by atoms with van der Waals surface area (Å²) in [5, 5.41) is 8.14. The largest absolute Gasteiger partial charge is 0.384 e. The average molecular weight is 277 g/mol. The van der Waals surface area contributed by atoms with Crippen LogP contribution in [0.25, 0.3) is 0 Å². The van der Waals surface area contributed by atoms with Gasteiger partial charge in [-0.3, -0.25) is 5.41 Å². The molecule has 0 heterocycles. The Labute approximate surface area is 116 Å². The highest BCUT2D eigenvalue weighted by Gasteiger charge is 2.04. The summed E-state index contributed by atoms with van der Waals surface area (Å²) in [4.78, 5) is 2.29. The van der Waals surface area contributed by atoms with Crippen LogP contribution in [0.3, 0.4) is 0 Å². The lowest BCUT2D eigenvalue weighted by Gasteiger charge is -2.07. The molecule has 92 valence electrons. The van der Waals surface area contributed by atoms with Crippen molar-refractivity contribution in [1.82, 2.24) is 0 Å². The zero-order valence-electron chi connectivity index (χ0n) is 9.91. The summed E-state index contributed by atoms with van der Waals surface area (Å²) in [7, 11) is 0. The van der Waals surface area contributed by atoms with Gasteiger partial charge in [0.15, 0.2) is 0 Å². The Kier molecular flexibility index (Phi) is 3.94. The highest BCUT2D eigenvalue weighted by Crippen LogP contribution is 2.31. The zero-order valence-corrected chi connectivity index (χ0v) is 11.5. The van der Waals surface area contributed by atoms with E-state index in [9.17, 15) is 0 Å². The predicted molar refractivity (Wildman–Crippen MR) is 77.8 cm³/mol. The normalized spacial score (nSPS) is 10.3. The molecule has 0 unspecified atom stereocenters. The average Bonchev–Trinajstić information content (AvgIpc) is 2.34. The summed E-state index contributed by atoms with van der Waals surface area (Å²) >= 11 is 7.53. The van der Waals surface area contributed by atoms with Crippen molar-refractivity contribution in [3.8, 4) is 0 Å². The van der Waals surface area contributed by atoms with Crippen molar-refractivity contribution in [3.63, 3.8) is 0 Å². The number of hydrogen-bond acceptors (Lipinski definition) is 2. The number of halogens is 1. The Morgan fingerprint density at radius 2 is 1.83 bits per heavy atom. The molecule has 3 N–H and O–H groups in total. The van der Waals surface area contributed by atoms with E-state index in [-0.39, 0.29) is 5.84 Å². The fraction of sp³-hybridized carbons (Fsp3) is 0.0714. The lowest BCUT2D eigenvalue weighted by Crippen LogP contribution is -2.10. The third kappa shape index (κ3) is 3.06. The maximum Gasteiger partial charge on any atom is 0.122 e. The molecule has 18 heavy (non-hydrogen) atoms. The Balaban J connectivity index is 2.24. The Bertz CT molecular complexity index is 579. The summed E-state index contributed by atoms with van der Waals surface area (Å²) in [5.74, 6) is 0.0983. The van der Waals surface area contributed by atoms with Gasteiger partial charge in [-0.1, -0.05) is 29.4 Å². The topological polar surface area (TPSA) is 49.9 Å². The summed E-state index contributed by atoms with van der Waals surface area (Å²) in [6.45, 7) is 2.02. The van der Waals surface area contributed by atoms with Gasteiger partial charge in [0, 0.05) is 20.4 Å². The van der Waals surface area contributed by atoms with Crippen LogP contribution in [0.15, 0.2) is 52.3 Å². The van der Waals surface area contributed by atoms with Gasteiger partial charge in [-0.25, -0.2) is 0 Å². The standard InChI is InChI=1S/C14H13ClN2S/c1-9-8-10(14(16)17)2-7-13(9)18-12-5-3-11(15)4-6-12/h2-8H,1H3,(H3,16,17). The fourth-order valence-electron chi connectivity index (χ4n) is 1.56. The van der Waals surface area contributed by atoms with Gasteiger partial charge in [-0.15, -0.1) is 0 Å². The quantitative estimate of drug-likeness (QED) is 0.655. The molecule has 0 aliphatic heterocycles. The molecule has 2 aromatic rings. The molecule has 0 aliphatic rings. The molecule has 0 bridgehead atoms. The second-order valence-electron chi connectivity index (χ2n) is 3.95. The van der Waals surface area contributed by atoms with Gasteiger partial charge in [0.2, 0.25) is 0 Å². The van der Waals surface area contributed by atoms with Gasteiger partial charge in [0.1, 0.15) is 5.84 Å². The van der Waals surface area contributed by atoms with Crippen LogP contribution < -0.4 is 5.73 Å². The third-order valence-corrected chi connectivity index (χ3v) is 3.97. The van der Waals surface area contributed by atoms with Crippen molar-refractivity contribution in [2.45, 2.75) is 16.7 Å². The zero-order chi connectivity index (χ0) is 13.1. The maximum absolute atomic E-state index is 7.40. The minimum Gasteiger partial charge on any atom is -0.384 e. The monoisotopic (exact) mass is 276 g/mol.